The Morgan fingerprint density at radius 1 is 1.33 bits per heavy atom. The summed E-state index contributed by atoms with van der Waals surface area (Å²) in [5.41, 5.74) is 5.66. The summed E-state index contributed by atoms with van der Waals surface area (Å²) in [6.07, 6.45) is 2.02. The first-order chi connectivity index (χ1) is 9.92. The summed E-state index contributed by atoms with van der Waals surface area (Å²) in [4.78, 5) is 0.0665. The molecule has 0 amide bonds. The fourth-order valence-corrected chi connectivity index (χ4v) is 4.29. The Bertz CT molecular complexity index is 617. The zero-order valence-electron chi connectivity index (χ0n) is 11.9. The van der Waals surface area contributed by atoms with Gasteiger partial charge in [-0.25, -0.2) is 13.1 Å². The van der Waals surface area contributed by atoms with E-state index in [0.717, 1.165) is 12.8 Å². The molecular formula is C13H19BrN2O4S. The van der Waals surface area contributed by atoms with Gasteiger partial charge in [0, 0.05) is 18.7 Å². The molecule has 2 rings (SSSR count). The van der Waals surface area contributed by atoms with Gasteiger partial charge in [-0.1, -0.05) is 0 Å². The lowest BCUT2D eigenvalue weighted by molar-refractivity contribution is 0.384. The molecule has 0 saturated heterocycles. The number of rotatable bonds is 7. The van der Waals surface area contributed by atoms with Crippen LogP contribution in [0.15, 0.2) is 21.5 Å². The maximum Gasteiger partial charge on any atom is 0.244 e. The number of halogens is 1. The minimum atomic E-state index is -3.71. The normalized spacial score (nSPS) is 16.6. The van der Waals surface area contributed by atoms with E-state index in [1.165, 1.54) is 26.4 Å². The number of sulfonamides is 1. The van der Waals surface area contributed by atoms with Crippen molar-refractivity contribution in [1.82, 2.24) is 4.72 Å². The summed E-state index contributed by atoms with van der Waals surface area (Å²) in [6, 6.07) is 2.77. The second kappa shape index (κ2) is 6.51. The summed E-state index contributed by atoms with van der Waals surface area (Å²) in [6.45, 7) is 0.281. The summed E-state index contributed by atoms with van der Waals surface area (Å²) in [7, 11) is -0.784. The molecule has 8 heteroatoms. The fraction of sp³-hybridized carbons (Fsp3) is 0.538. The largest absolute Gasteiger partial charge is 0.495 e. The maximum atomic E-state index is 12.6. The lowest BCUT2D eigenvalue weighted by Crippen LogP contribution is -2.41. The summed E-state index contributed by atoms with van der Waals surface area (Å²) < 4.78 is 38.6. The first-order valence-electron chi connectivity index (χ1n) is 6.57. The Morgan fingerprint density at radius 3 is 2.43 bits per heavy atom. The maximum absolute atomic E-state index is 12.6. The highest BCUT2D eigenvalue weighted by atomic mass is 79.9. The predicted molar refractivity (Wildman–Crippen MR) is 83.1 cm³/mol. The monoisotopic (exact) mass is 378 g/mol. The van der Waals surface area contributed by atoms with E-state index >= 15 is 0 Å². The molecule has 0 aliphatic heterocycles. The van der Waals surface area contributed by atoms with E-state index in [2.05, 4.69) is 20.7 Å². The van der Waals surface area contributed by atoms with Gasteiger partial charge in [-0.3, -0.25) is 0 Å². The molecule has 1 aliphatic carbocycles. The van der Waals surface area contributed by atoms with Crippen LogP contribution in [0, 0.1) is 5.92 Å². The number of nitrogens with two attached hydrogens (primary N) is 1. The number of ether oxygens (including phenoxy) is 2. The average Bonchev–Trinajstić information content (AvgIpc) is 3.29. The minimum absolute atomic E-state index is 0.0665. The molecule has 3 N–H and O–H groups in total. The van der Waals surface area contributed by atoms with Crippen LogP contribution >= 0.6 is 15.9 Å². The first kappa shape index (κ1) is 16.5. The molecular weight excluding hydrogens is 360 g/mol. The lowest BCUT2D eigenvalue weighted by atomic mass is 10.2. The van der Waals surface area contributed by atoms with E-state index in [-0.39, 0.29) is 23.2 Å². The van der Waals surface area contributed by atoms with Crippen LogP contribution in [0.5, 0.6) is 11.5 Å². The average molecular weight is 379 g/mol. The van der Waals surface area contributed by atoms with Crippen LogP contribution in [0.25, 0.3) is 0 Å². The van der Waals surface area contributed by atoms with Crippen molar-refractivity contribution in [2.75, 3.05) is 20.8 Å². The van der Waals surface area contributed by atoms with E-state index in [0.29, 0.717) is 16.1 Å². The van der Waals surface area contributed by atoms with Crippen LogP contribution in [0.1, 0.15) is 12.8 Å². The van der Waals surface area contributed by atoms with E-state index in [4.69, 9.17) is 15.2 Å². The van der Waals surface area contributed by atoms with E-state index < -0.39 is 10.0 Å². The third kappa shape index (κ3) is 3.68. The number of nitrogens with one attached hydrogen (secondary N) is 1. The van der Waals surface area contributed by atoms with Crippen LogP contribution in [-0.2, 0) is 10.0 Å². The number of benzene rings is 1. The summed E-state index contributed by atoms with van der Waals surface area (Å²) >= 11 is 3.29. The lowest BCUT2D eigenvalue weighted by Gasteiger charge is -2.18. The molecule has 6 nitrogen and oxygen atoms in total. The van der Waals surface area contributed by atoms with Gasteiger partial charge in [-0.15, -0.1) is 0 Å². The second-order valence-electron chi connectivity index (χ2n) is 4.94. The van der Waals surface area contributed by atoms with Crippen molar-refractivity contribution in [3.8, 4) is 11.5 Å². The fourth-order valence-electron chi connectivity index (χ4n) is 2.14. The highest BCUT2D eigenvalue weighted by Gasteiger charge is 2.34. The van der Waals surface area contributed by atoms with E-state index in [1.54, 1.807) is 0 Å². The van der Waals surface area contributed by atoms with Crippen LogP contribution < -0.4 is 19.9 Å². The molecule has 1 aromatic rings. The molecule has 1 aliphatic rings. The van der Waals surface area contributed by atoms with E-state index in [1.807, 2.05) is 0 Å². The molecule has 0 spiro atoms. The molecule has 0 radical (unpaired) electrons. The quantitative estimate of drug-likeness (QED) is 0.749. The van der Waals surface area contributed by atoms with Crippen molar-refractivity contribution in [3.05, 3.63) is 16.6 Å². The standard InChI is InChI=1S/C13H19BrN2O4S/c1-19-11-6-12(20-2)13(5-9(11)14)21(17,18)16-10(7-15)8-3-4-8/h5-6,8,10,16H,3-4,7,15H2,1-2H3. The van der Waals surface area contributed by atoms with Gasteiger partial charge < -0.3 is 15.2 Å². The zero-order chi connectivity index (χ0) is 15.6. The smallest absolute Gasteiger partial charge is 0.244 e. The van der Waals surface area contributed by atoms with Crippen LogP contribution in [0.2, 0.25) is 0 Å². The molecule has 118 valence electrons. The Morgan fingerprint density at radius 2 is 1.95 bits per heavy atom. The predicted octanol–water partition coefficient (Wildman–Crippen LogP) is 1.48. The van der Waals surface area contributed by atoms with Crippen molar-refractivity contribution in [3.63, 3.8) is 0 Å². The second-order valence-corrected chi connectivity index (χ2v) is 7.48. The molecule has 1 aromatic carbocycles. The Labute approximate surface area is 133 Å². The number of methoxy groups -OCH3 is 2. The summed E-state index contributed by atoms with van der Waals surface area (Å²) in [5, 5.41) is 0. The van der Waals surface area contributed by atoms with Gasteiger partial charge in [0.1, 0.15) is 16.4 Å². The molecule has 0 aromatic heterocycles. The Balaban J connectivity index is 2.36. The van der Waals surface area contributed by atoms with Gasteiger partial charge in [-0.2, -0.15) is 0 Å². The van der Waals surface area contributed by atoms with Crippen molar-refractivity contribution < 1.29 is 17.9 Å². The van der Waals surface area contributed by atoms with Crippen molar-refractivity contribution >= 4 is 26.0 Å². The first-order valence-corrected chi connectivity index (χ1v) is 8.84. The topological polar surface area (TPSA) is 90.6 Å². The van der Waals surface area contributed by atoms with Gasteiger partial charge in [0.05, 0.1) is 18.7 Å². The molecule has 1 fully saturated rings. The van der Waals surface area contributed by atoms with Gasteiger partial charge in [0.2, 0.25) is 10.0 Å². The van der Waals surface area contributed by atoms with Gasteiger partial charge in [0.25, 0.3) is 0 Å². The molecule has 1 saturated carbocycles. The third-order valence-electron chi connectivity index (χ3n) is 3.48. The molecule has 21 heavy (non-hydrogen) atoms. The molecule has 1 atom stereocenters. The minimum Gasteiger partial charge on any atom is -0.495 e. The Hall–Kier alpha value is -0.830. The van der Waals surface area contributed by atoms with Gasteiger partial charge >= 0.3 is 0 Å². The van der Waals surface area contributed by atoms with Gasteiger partial charge in [0.15, 0.2) is 0 Å². The SMILES string of the molecule is COc1cc(OC)c(S(=O)(=O)NC(CN)C2CC2)cc1Br. The van der Waals surface area contributed by atoms with Crippen LogP contribution in [-0.4, -0.2) is 35.2 Å². The molecule has 1 unspecified atom stereocenters. The highest BCUT2D eigenvalue weighted by Crippen LogP contribution is 2.37. The summed E-state index contributed by atoms with van der Waals surface area (Å²) in [5.74, 6) is 1.06. The van der Waals surface area contributed by atoms with Crippen molar-refractivity contribution in [1.29, 1.82) is 0 Å². The van der Waals surface area contributed by atoms with Crippen LogP contribution in [0.3, 0.4) is 0 Å². The van der Waals surface area contributed by atoms with Crippen LogP contribution in [0.4, 0.5) is 0 Å². The number of hydrogen-bond acceptors (Lipinski definition) is 5. The van der Waals surface area contributed by atoms with Crippen molar-refractivity contribution in [2.24, 2.45) is 11.7 Å². The zero-order valence-corrected chi connectivity index (χ0v) is 14.3. The van der Waals surface area contributed by atoms with Gasteiger partial charge in [-0.05, 0) is 40.8 Å². The highest BCUT2D eigenvalue weighted by molar-refractivity contribution is 9.10. The van der Waals surface area contributed by atoms with E-state index in [9.17, 15) is 8.42 Å². The van der Waals surface area contributed by atoms with Crippen molar-refractivity contribution in [2.45, 2.75) is 23.8 Å². The Kier molecular flexibility index (Phi) is 5.13. The molecule has 0 heterocycles. The molecule has 0 bridgehead atoms. The number of hydrogen-bond donors (Lipinski definition) is 2. The third-order valence-corrected chi connectivity index (χ3v) is 5.61.